The van der Waals surface area contributed by atoms with Gasteiger partial charge in [0.15, 0.2) is 4.90 Å². The molecule has 1 saturated carbocycles. The van der Waals surface area contributed by atoms with Crippen LogP contribution in [0, 0.1) is 0 Å². The van der Waals surface area contributed by atoms with Gasteiger partial charge in [0.25, 0.3) is 0 Å². The highest BCUT2D eigenvalue weighted by atomic mass is 32.2. The Morgan fingerprint density at radius 3 is 2.12 bits per heavy atom. The maximum atomic E-state index is 12.6. The molecule has 2 rings (SSSR count). The number of ether oxygens (including phenoxy) is 2. The van der Waals surface area contributed by atoms with Crippen LogP contribution in [0.25, 0.3) is 0 Å². The normalized spacial score (nSPS) is 16.6. The highest BCUT2D eigenvalue weighted by Crippen LogP contribution is 2.32. The SMILES string of the molecule is COc1cccc(OC)c1S(=O)(=O)NCCNC1CCCCCC1. The molecule has 136 valence electrons. The molecule has 6 nitrogen and oxygen atoms in total. The molecule has 7 heteroatoms. The first-order valence-corrected chi connectivity index (χ1v) is 10.0. The Bertz CT molecular complexity index is 589. The Morgan fingerprint density at radius 2 is 1.58 bits per heavy atom. The fourth-order valence-electron chi connectivity index (χ4n) is 3.10. The topological polar surface area (TPSA) is 76.7 Å². The summed E-state index contributed by atoms with van der Waals surface area (Å²) in [5.74, 6) is 0.553. The zero-order valence-electron chi connectivity index (χ0n) is 14.5. The predicted molar refractivity (Wildman–Crippen MR) is 94.2 cm³/mol. The maximum Gasteiger partial charge on any atom is 0.248 e. The third-order valence-corrected chi connectivity index (χ3v) is 5.88. The molecule has 0 spiro atoms. The summed E-state index contributed by atoms with van der Waals surface area (Å²) in [7, 11) is -0.804. The monoisotopic (exact) mass is 356 g/mol. The summed E-state index contributed by atoms with van der Waals surface area (Å²) in [6.45, 7) is 0.946. The van der Waals surface area contributed by atoms with Gasteiger partial charge in [-0.15, -0.1) is 0 Å². The summed E-state index contributed by atoms with van der Waals surface area (Å²) in [6, 6.07) is 5.42. The van der Waals surface area contributed by atoms with E-state index in [1.807, 2.05) is 0 Å². The molecule has 0 heterocycles. The van der Waals surface area contributed by atoms with Crippen LogP contribution in [0.3, 0.4) is 0 Å². The minimum atomic E-state index is -3.70. The molecular weight excluding hydrogens is 328 g/mol. The summed E-state index contributed by atoms with van der Waals surface area (Å²) in [5, 5.41) is 3.45. The van der Waals surface area contributed by atoms with Crippen LogP contribution in [-0.2, 0) is 10.0 Å². The van der Waals surface area contributed by atoms with Gasteiger partial charge in [-0.25, -0.2) is 13.1 Å². The summed E-state index contributed by atoms with van der Waals surface area (Å²) in [5.41, 5.74) is 0. The van der Waals surface area contributed by atoms with Gasteiger partial charge in [0.05, 0.1) is 14.2 Å². The van der Waals surface area contributed by atoms with Crippen LogP contribution in [-0.4, -0.2) is 41.8 Å². The Hall–Kier alpha value is -1.31. The number of rotatable bonds is 8. The Kier molecular flexibility index (Phi) is 7.33. The van der Waals surface area contributed by atoms with E-state index < -0.39 is 10.0 Å². The fraction of sp³-hybridized carbons (Fsp3) is 0.647. The molecule has 0 amide bonds. The highest BCUT2D eigenvalue weighted by molar-refractivity contribution is 7.89. The van der Waals surface area contributed by atoms with Crippen LogP contribution in [0.1, 0.15) is 38.5 Å². The lowest BCUT2D eigenvalue weighted by Crippen LogP contribution is -2.37. The van der Waals surface area contributed by atoms with E-state index in [4.69, 9.17) is 9.47 Å². The van der Waals surface area contributed by atoms with Gasteiger partial charge < -0.3 is 14.8 Å². The minimum Gasteiger partial charge on any atom is -0.495 e. The summed E-state index contributed by atoms with van der Waals surface area (Å²) < 4.78 is 38.2. The lowest BCUT2D eigenvalue weighted by molar-refractivity contribution is 0.372. The fourth-order valence-corrected chi connectivity index (χ4v) is 4.45. The van der Waals surface area contributed by atoms with Crippen LogP contribution < -0.4 is 19.5 Å². The molecule has 0 radical (unpaired) electrons. The molecule has 0 saturated heterocycles. The third kappa shape index (κ3) is 5.09. The Morgan fingerprint density at radius 1 is 1.00 bits per heavy atom. The molecule has 2 N–H and O–H groups in total. The van der Waals surface area contributed by atoms with E-state index in [0.29, 0.717) is 19.1 Å². The van der Waals surface area contributed by atoms with E-state index >= 15 is 0 Å². The number of sulfonamides is 1. The molecule has 0 atom stereocenters. The zero-order valence-corrected chi connectivity index (χ0v) is 15.3. The van der Waals surface area contributed by atoms with Gasteiger partial charge in [-0.2, -0.15) is 0 Å². The van der Waals surface area contributed by atoms with E-state index in [-0.39, 0.29) is 16.4 Å². The van der Waals surface area contributed by atoms with E-state index in [1.165, 1.54) is 52.7 Å². The van der Waals surface area contributed by atoms with Crippen LogP contribution in [0.4, 0.5) is 0 Å². The zero-order chi connectivity index (χ0) is 17.4. The first-order valence-electron chi connectivity index (χ1n) is 8.52. The number of hydrogen-bond donors (Lipinski definition) is 2. The molecule has 1 fully saturated rings. The Balaban J connectivity index is 1.94. The quantitative estimate of drug-likeness (QED) is 0.552. The number of methoxy groups -OCH3 is 2. The van der Waals surface area contributed by atoms with Gasteiger partial charge >= 0.3 is 0 Å². The van der Waals surface area contributed by atoms with E-state index in [1.54, 1.807) is 18.2 Å². The van der Waals surface area contributed by atoms with Crippen molar-refractivity contribution >= 4 is 10.0 Å². The van der Waals surface area contributed by atoms with Crippen LogP contribution in [0.15, 0.2) is 23.1 Å². The van der Waals surface area contributed by atoms with Gasteiger partial charge in [0.1, 0.15) is 11.5 Å². The highest BCUT2D eigenvalue weighted by Gasteiger charge is 2.24. The van der Waals surface area contributed by atoms with Crippen molar-refractivity contribution in [1.82, 2.24) is 10.0 Å². The molecule has 0 aliphatic heterocycles. The summed E-state index contributed by atoms with van der Waals surface area (Å²) in [6.07, 6.45) is 7.46. The molecular formula is C17H28N2O4S. The van der Waals surface area contributed by atoms with Crippen molar-refractivity contribution in [2.24, 2.45) is 0 Å². The van der Waals surface area contributed by atoms with Crippen molar-refractivity contribution in [3.63, 3.8) is 0 Å². The predicted octanol–water partition coefficient (Wildman–Crippen LogP) is 2.29. The molecule has 1 aromatic carbocycles. The summed E-state index contributed by atoms with van der Waals surface area (Å²) >= 11 is 0. The van der Waals surface area contributed by atoms with E-state index in [0.717, 1.165) is 0 Å². The third-order valence-electron chi connectivity index (χ3n) is 4.36. The number of hydrogen-bond acceptors (Lipinski definition) is 5. The van der Waals surface area contributed by atoms with Crippen molar-refractivity contribution in [3.8, 4) is 11.5 Å². The van der Waals surface area contributed by atoms with Crippen molar-refractivity contribution in [3.05, 3.63) is 18.2 Å². The van der Waals surface area contributed by atoms with E-state index in [9.17, 15) is 8.42 Å². The lowest BCUT2D eigenvalue weighted by Gasteiger charge is -2.17. The Labute approximate surface area is 145 Å². The first-order chi connectivity index (χ1) is 11.6. The molecule has 1 aliphatic carbocycles. The van der Waals surface area contributed by atoms with Crippen molar-refractivity contribution < 1.29 is 17.9 Å². The average Bonchev–Trinajstić information content (AvgIpc) is 2.86. The first kappa shape index (κ1) is 19.0. The second-order valence-electron chi connectivity index (χ2n) is 6.03. The van der Waals surface area contributed by atoms with Crippen LogP contribution in [0.2, 0.25) is 0 Å². The van der Waals surface area contributed by atoms with Gasteiger partial charge in [0.2, 0.25) is 10.0 Å². The molecule has 1 aromatic rings. The van der Waals surface area contributed by atoms with Crippen LogP contribution in [0.5, 0.6) is 11.5 Å². The number of benzene rings is 1. The van der Waals surface area contributed by atoms with Gasteiger partial charge in [-0.1, -0.05) is 31.7 Å². The average molecular weight is 356 g/mol. The molecule has 0 aromatic heterocycles. The second-order valence-corrected chi connectivity index (χ2v) is 7.74. The minimum absolute atomic E-state index is 0.0458. The molecule has 0 unspecified atom stereocenters. The number of nitrogens with one attached hydrogen (secondary N) is 2. The molecule has 24 heavy (non-hydrogen) atoms. The molecule has 1 aliphatic rings. The lowest BCUT2D eigenvalue weighted by atomic mass is 10.1. The largest absolute Gasteiger partial charge is 0.495 e. The maximum absolute atomic E-state index is 12.6. The second kappa shape index (κ2) is 9.25. The standard InChI is InChI=1S/C17H28N2O4S/c1-22-15-10-7-11-16(23-2)17(15)24(20,21)19-13-12-18-14-8-5-3-4-6-9-14/h7,10-11,14,18-19H,3-6,8-9,12-13H2,1-2H3. The summed E-state index contributed by atoms with van der Waals surface area (Å²) in [4.78, 5) is 0.0458. The van der Waals surface area contributed by atoms with E-state index in [2.05, 4.69) is 10.0 Å². The van der Waals surface area contributed by atoms with Crippen molar-refractivity contribution in [2.75, 3.05) is 27.3 Å². The van der Waals surface area contributed by atoms with Crippen LogP contribution >= 0.6 is 0 Å². The van der Waals surface area contributed by atoms with Crippen molar-refractivity contribution in [2.45, 2.75) is 49.5 Å². The van der Waals surface area contributed by atoms with Gasteiger partial charge in [-0.05, 0) is 25.0 Å². The smallest absolute Gasteiger partial charge is 0.248 e. The van der Waals surface area contributed by atoms with Gasteiger partial charge in [0, 0.05) is 19.1 Å². The molecule has 0 bridgehead atoms. The van der Waals surface area contributed by atoms with Crippen molar-refractivity contribution in [1.29, 1.82) is 0 Å². The van der Waals surface area contributed by atoms with Gasteiger partial charge in [-0.3, -0.25) is 0 Å².